The summed E-state index contributed by atoms with van der Waals surface area (Å²) in [6.07, 6.45) is 8.66. The molecule has 3 saturated carbocycles. The summed E-state index contributed by atoms with van der Waals surface area (Å²) < 4.78 is 16.1. The topological polar surface area (TPSA) is 133 Å². The van der Waals surface area contributed by atoms with Crippen molar-refractivity contribution in [1.29, 1.82) is 0 Å². The minimum atomic E-state index is -1.38. The molecule has 5 rings (SSSR count). The van der Waals surface area contributed by atoms with Gasteiger partial charge in [-0.2, -0.15) is 0 Å². The molecular weight excluding hydrogens is 554 g/mol. The minimum absolute atomic E-state index is 0.0201. The van der Waals surface area contributed by atoms with E-state index in [1.54, 1.807) is 0 Å². The number of rotatable bonds is 8. The minimum Gasteiger partial charge on any atom is -0.467 e. The first-order valence-electron chi connectivity index (χ1n) is 15.9. The molecule has 0 unspecified atom stereocenters. The lowest BCUT2D eigenvalue weighted by atomic mass is 9.46. The van der Waals surface area contributed by atoms with E-state index in [2.05, 4.69) is 13.8 Å². The highest BCUT2D eigenvalue weighted by Crippen LogP contribution is 2.68. The standard InChI is InChI=1S/C33H45NO9/c1-20(35)43-33(27(37)19-42-29(39)10-9-28(38)34-17-5-6-26(34)30(40)41-4)16-13-25-23-8-7-21-18-22(36)11-14-31(21,2)24(23)12-15-32(25,33)3/h18,23-26H,5-17,19H2,1-4H3/t23-,24-,25+,26-,31-,32-,33-/m0/s1. The maximum Gasteiger partial charge on any atom is 0.328 e. The Hall–Kier alpha value is -3.04. The Bertz CT molecular complexity index is 1240. The first kappa shape index (κ1) is 31.4. The second-order valence-electron chi connectivity index (χ2n) is 13.7. The van der Waals surface area contributed by atoms with Gasteiger partial charge in [-0.05, 0) is 87.0 Å². The Labute approximate surface area is 253 Å². The second-order valence-corrected chi connectivity index (χ2v) is 13.7. The van der Waals surface area contributed by atoms with Crippen molar-refractivity contribution in [2.75, 3.05) is 20.3 Å². The van der Waals surface area contributed by atoms with E-state index in [0.717, 1.165) is 32.1 Å². The molecule has 10 nitrogen and oxygen atoms in total. The number of hydrogen-bond donors (Lipinski definition) is 0. The smallest absolute Gasteiger partial charge is 0.328 e. The zero-order valence-corrected chi connectivity index (χ0v) is 25.9. The van der Waals surface area contributed by atoms with Crippen molar-refractivity contribution in [1.82, 2.24) is 4.90 Å². The van der Waals surface area contributed by atoms with Crippen LogP contribution in [0.5, 0.6) is 0 Å². The van der Waals surface area contributed by atoms with E-state index in [4.69, 9.17) is 14.2 Å². The molecule has 0 spiro atoms. The SMILES string of the molecule is COC(=O)[C@@H]1CCCN1C(=O)CCC(=O)OCC(=O)[C@@]1(OC(C)=O)CC[C@@H]2[C@H]3CCC4=CC(=O)CC[C@]4(C)[C@H]3CC[C@@]21C. The van der Waals surface area contributed by atoms with E-state index in [1.165, 1.54) is 24.5 Å². The molecule has 5 aliphatic rings. The normalized spacial score (nSPS) is 36.5. The van der Waals surface area contributed by atoms with E-state index < -0.39 is 47.4 Å². The van der Waals surface area contributed by atoms with E-state index in [0.29, 0.717) is 50.5 Å². The monoisotopic (exact) mass is 599 g/mol. The number of hydrogen-bond acceptors (Lipinski definition) is 9. The molecule has 7 atom stereocenters. The van der Waals surface area contributed by atoms with Gasteiger partial charge in [0.2, 0.25) is 11.7 Å². The molecule has 1 aliphatic heterocycles. The van der Waals surface area contributed by atoms with Gasteiger partial charge in [-0.3, -0.25) is 24.0 Å². The van der Waals surface area contributed by atoms with Crippen LogP contribution in [0.3, 0.4) is 0 Å². The third-order valence-corrected chi connectivity index (χ3v) is 11.8. The van der Waals surface area contributed by atoms with Gasteiger partial charge in [-0.1, -0.05) is 19.4 Å². The molecule has 0 aromatic carbocycles. The summed E-state index contributed by atoms with van der Waals surface area (Å²) in [6.45, 7) is 5.57. The number of allylic oxidation sites excluding steroid dienone is 1. The number of fused-ring (bicyclic) bond motifs is 5. The number of esters is 3. The predicted octanol–water partition coefficient (Wildman–Crippen LogP) is 3.88. The summed E-state index contributed by atoms with van der Waals surface area (Å²) in [5, 5.41) is 0. The molecule has 236 valence electrons. The first-order valence-corrected chi connectivity index (χ1v) is 15.9. The van der Waals surface area contributed by atoms with Crippen LogP contribution in [0.25, 0.3) is 0 Å². The van der Waals surface area contributed by atoms with Gasteiger partial charge in [-0.25, -0.2) is 4.79 Å². The largest absolute Gasteiger partial charge is 0.467 e. The van der Waals surface area contributed by atoms with Crippen LogP contribution in [0.1, 0.15) is 97.8 Å². The second kappa shape index (κ2) is 11.8. The van der Waals surface area contributed by atoms with Gasteiger partial charge >= 0.3 is 17.9 Å². The van der Waals surface area contributed by atoms with Crippen LogP contribution >= 0.6 is 0 Å². The Balaban J connectivity index is 1.25. The third-order valence-electron chi connectivity index (χ3n) is 11.8. The summed E-state index contributed by atoms with van der Waals surface area (Å²) in [5.41, 5.74) is -0.730. The summed E-state index contributed by atoms with van der Waals surface area (Å²) >= 11 is 0. The van der Waals surface area contributed by atoms with E-state index >= 15 is 0 Å². The van der Waals surface area contributed by atoms with Crippen molar-refractivity contribution >= 4 is 35.4 Å². The molecule has 0 N–H and O–H groups in total. The number of Topliss-reactive ketones (excluding diaryl/α,β-unsaturated/α-hetero) is 1. The molecule has 0 radical (unpaired) electrons. The van der Waals surface area contributed by atoms with Crippen LogP contribution in [-0.4, -0.2) is 72.2 Å². The summed E-state index contributed by atoms with van der Waals surface area (Å²) in [7, 11) is 1.28. The number of ketones is 2. The maximum absolute atomic E-state index is 13.9. The van der Waals surface area contributed by atoms with Gasteiger partial charge in [0, 0.05) is 31.7 Å². The van der Waals surface area contributed by atoms with Gasteiger partial charge in [0.1, 0.15) is 6.04 Å². The molecule has 0 aromatic rings. The molecule has 0 bridgehead atoms. The fourth-order valence-corrected chi connectivity index (χ4v) is 9.62. The van der Waals surface area contributed by atoms with Crippen LogP contribution in [-0.2, 0) is 43.0 Å². The highest BCUT2D eigenvalue weighted by molar-refractivity contribution is 5.94. The summed E-state index contributed by atoms with van der Waals surface area (Å²) in [5.74, 6) is -1.30. The molecule has 43 heavy (non-hydrogen) atoms. The first-order chi connectivity index (χ1) is 20.4. The van der Waals surface area contributed by atoms with E-state index in [1.807, 2.05) is 6.08 Å². The molecule has 1 amide bonds. The van der Waals surface area contributed by atoms with Crippen LogP contribution < -0.4 is 0 Å². The average molecular weight is 600 g/mol. The lowest BCUT2D eigenvalue weighted by Crippen LogP contribution is -2.59. The van der Waals surface area contributed by atoms with Crippen molar-refractivity contribution < 1.29 is 43.0 Å². The fraction of sp³-hybridized carbons (Fsp3) is 0.758. The van der Waals surface area contributed by atoms with Crippen molar-refractivity contribution in [2.24, 2.45) is 28.6 Å². The number of methoxy groups -OCH3 is 1. The quantitative estimate of drug-likeness (QED) is 0.301. The van der Waals surface area contributed by atoms with Crippen LogP contribution in [0, 0.1) is 28.6 Å². The Morgan fingerprint density at radius 3 is 2.42 bits per heavy atom. The lowest BCUT2D eigenvalue weighted by Gasteiger charge is -2.59. The fourth-order valence-electron chi connectivity index (χ4n) is 9.62. The number of ether oxygens (including phenoxy) is 3. The van der Waals surface area contributed by atoms with Gasteiger partial charge < -0.3 is 19.1 Å². The van der Waals surface area contributed by atoms with Crippen molar-refractivity contribution in [3.63, 3.8) is 0 Å². The van der Waals surface area contributed by atoms with Crippen molar-refractivity contribution in [3.05, 3.63) is 11.6 Å². The van der Waals surface area contributed by atoms with Crippen LogP contribution in [0.2, 0.25) is 0 Å². The van der Waals surface area contributed by atoms with Gasteiger partial charge in [-0.15, -0.1) is 0 Å². The molecule has 0 aromatic heterocycles. The Kier molecular flexibility index (Phi) is 8.62. The number of amides is 1. The van der Waals surface area contributed by atoms with Gasteiger partial charge in [0.05, 0.1) is 13.5 Å². The number of carbonyl (C=O) groups excluding carboxylic acids is 6. The molecule has 1 saturated heterocycles. The maximum atomic E-state index is 13.9. The summed E-state index contributed by atoms with van der Waals surface area (Å²) in [6, 6.07) is -0.639. The highest BCUT2D eigenvalue weighted by Gasteiger charge is 2.68. The van der Waals surface area contributed by atoms with Crippen molar-refractivity contribution in [3.8, 4) is 0 Å². The number of carbonyl (C=O) groups is 6. The molecule has 4 fully saturated rings. The Morgan fingerprint density at radius 1 is 0.953 bits per heavy atom. The lowest BCUT2D eigenvalue weighted by molar-refractivity contribution is -0.191. The van der Waals surface area contributed by atoms with Crippen LogP contribution in [0.4, 0.5) is 0 Å². The Morgan fingerprint density at radius 2 is 1.70 bits per heavy atom. The third kappa shape index (κ3) is 5.33. The van der Waals surface area contributed by atoms with E-state index in [-0.39, 0.29) is 35.9 Å². The average Bonchev–Trinajstić information content (AvgIpc) is 3.58. The molecular formula is C33H45NO9. The molecule has 10 heteroatoms. The molecule has 1 heterocycles. The van der Waals surface area contributed by atoms with Crippen molar-refractivity contribution in [2.45, 2.75) is 109 Å². The van der Waals surface area contributed by atoms with Crippen LogP contribution in [0.15, 0.2) is 11.6 Å². The van der Waals surface area contributed by atoms with Gasteiger partial charge in [0.25, 0.3) is 0 Å². The zero-order chi connectivity index (χ0) is 31.2. The highest BCUT2D eigenvalue weighted by atomic mass is 16.6. The number of nitrogens with zero attached hydrogens (tertiary/aromatic N) is 1. The van der Waals surface area contributed by atoms with Gasteiger partial charge in [0.15, 0.2) is 18.0 Å². The predicted molar refractivity (Wildman–Crippen MR) is 153 cm³/mol. The molecule has 4 aliphatic carbocycles. The number of likely N-dealkylation sites (tertiary alicyclic amines) is 1. The van der Waals surface area contributed by atoms with E-state index in [9.17, 15) is 28.8 Å². The zero-order valence-electron chi connectivity index (χ0n) is 25.9. The summed E-state index contributed by atoms with van der Waals surface area (Å²) in [4.78, 5) is 77.3.